The summed E-state index contributed by atoms with van der Waals surface area (Å²) in [6.45, 7) is 3.33. The molecular formula is C14H19BrFNO2. The first-order chi connectivity index (χ1) is 9.05. The zero-order chi connectivity index (χ0) is 13.9. The van der Waals surface area contributed by atoms with Gasteiger partial charge in [0.1, 0.15) is 5.82 Å². The summed E-state index contributed by atoms with van der Waals surface area (Å²) < 4.78 is 19.4. The second kappa shape index (κ2) is 6.31. The van der Waals surface area contributed by atoms with Gasteiger partial charge in [-0.25, -0.2) is 4.39 Å². The molecule has 1 aromatic carbocycles. The highest BCUT2D eigenvalue weighted by atomic mass is 79.9. The smallest absolute Gasteiger partial charge is 0.124 e. The van der Waals surface area contributed by atoms with Crippen molar-refractivity contribution in [3.8, 4) is 0 Å². The van der Waals surface area contributed by atoms with Gasteiger partial charge in [-0.3, -0.25) is 0 Å². The third-order valence-electron chi connectivity index (χ3n) is 3.59. The predicted octanol–water partition coefficient (Wildman–Crippen LogP) is 2.56. The van der Waals surface area contributed by atoms with Crippen LogP contribution < -0.4 is 5.32 Å². The van der Waals surface area contributed by atoms with E-state index < -0.39 is 5.54 Å². The molecule has 0 aromatic heterocycles. The van der Waals surface area contributed by atoms with Crippen molar-refractivity contribution in [3.63, 3.8) is 0 Å². The van der Waals surface area contributed by atoms with E-state index in [1.165, 1.54) is 12.1 Å². The normalized spacial score (nSPS) is 22.4. The Morgan fingerprint density at radius 3 is 2.95 bits per heavy atom. The summed E-state index contributed by atoms with van der Waals surface area (Å²) in [5.41, 5.74) is 0.229. The topological polar surface area (TPSA) is 41.5 Å². The van der Waals surface area contributed by atoms with Gasteiger partial charge < -0.3 is 15.2 Å². The second-order valence-corrected chi connectivity index (χ2v) is 5.98. The van der Waals surface area contributed by atoms with Crippen molar-refractivity contribution >= 4 is 15.9 Å². The number of ether oxygens (including phenoxy) is 1. The van der Waals surface area contributed by atoms with E-state index in [1.807, 2.05) is 6.92 Å². The number of hydrogen-bond acceptors (Lipinski definition) is 3. The quantitative estimate of drug-likeness (QED) is 0.871. The first kappa shape index (κ1) is 14.9. The Morgan fingerprint density at radius 2 is 2.37 bits per heavy atom. The number of aliphatic hydroxyl groups is 1. The van der Waals surface area contributed by atoms with Gasteiger partial charge in [-0.15, -0.1) is 0 Å². The molecule has 1 fully saturated rings. The van der Waals surface area contributed by atoms with Crippen LogP contribution in [0.3, 0.4) is 0 Å². The lowest BCUT2D eigenvalue weighted by atomic mass is 9.92. The zero-order valence-corrected chi connectivity index (χ0v) is 12.5. The molecule has 106 valence electrons. The van der Waals surface area contributed by atoms with Gasteiger partial charge in [-0.05, 0) is 37.5 Å². The number of nitrogens with one attached hydrogen (secondary N) is 1. The van der Waals surface area contributed by atoms with Gasteiger partial charge in [0.15, 0.2) is 0 Å². The first-order valence-corrected chi connectivity index (χ1v) is 7.27. The Hall–Kier alpha value is -0.490. The van der Waals surface area contributed by atoms with Gasteiger partial charge in [0.05, 0.1) is 18.2 Å². The molecule has 1 aliphatic heterocycles. The molecule has 5 heteroatoms. The first-order valence-electron chi connectivity index (χ1n) is 6.48. The molecule has 0 radical (unpaired) electrons. The van der Waals surface area contributed by atoms with Crippen molar-refractivity contribution in [3.05, 3.63) is 34.1 Å². The molecule has 0 aliphatic carbocycles. The minimum atomic E-state index is -0.613. The molecule has 2 N–H and O–H groups in total. The van der Waals surface area contributed by atoms with Gasteiger partial charge in [0.2, 0.25) is 0 Å². The monoisotopic (exact) mass is 331 g/mol. The van der Waals surface area contributed by atoms with Crippen LogP contribution in [0.2, 0.25) is 0 Å². The van der Waals surface area contributed by atoms with Crippen LogP contribution in [0.4, 0.5) is 4.39 Å². The van der Waals surface area contributed by atoms with Gasteiger partial charge >= 0.3 is 0 Å². The summed E-state index contributed by atoms with van der Waals surface area (Å²) in [6, 6.07) is 4.51. The highest BCUT2D eigenvalue weighted by Gasteiger charge is 2.29. The lowest BCUT2D eigenvalue weighted by Crippen LogP contribution is -2.46. The lowest BCUT2D eigenvalue weighted by Gasteiger charge is -2.31. The number of benzene rings is 1. The molecule has 3 nitrogen and oxygen atoms in total. The standard InChI is InChI=1S/C14H19BrFNO2/c1-14(9-18,17-8-11-3-2-6-19-11)12-5-4-10(16)7-13(12)15/h4-5,7,11,17-18H,2-3,6,8-9H2,1H3. The maximum absolute atomic E-state index is 13.1. The SMILES string of the molecule is CC(CO)(NCC1CCCO1)c1ccc(F)cc1Br. The third kappa shape index (κ3) is 3.54. The van der Waals surface area contributed by atoms with Crippen LogP contribution in [-0.2, 0) is 10.3 Å². The van der Waals surface area contributed by atoms with Crippen LogP contribution in [0.15, 0.2) is 22.7 Å². The minimum absolute atomic E-state index is 0.0655. The van der Waals surface area contributed by atoms with E-state index in [2.05, 4.69) is 21.2 Å². The summed E-state index contributed by atoms with van der Waals surface area (Å²) in [6.07, 6.45) is 2.33. The van der Waals surface area contributed by atoms with Crippen molar-refractivity contribution in [2.24, 2.45) is 0 Å². The average Bonchev–Trinajstić information content (AvgIpc) is 2.89. The third-order valence-corrected chi connectivity index (χ3v) is 4.24. The maximum Gasteiger partial charge on any atom is 0.124 e. The molecule has 19 heavy (non-hydrogen) atoms. The van der Waals surface area contributed by atoms with Gasteiger partial charge in [0, 0.05) is 17.6 Å². The molecule has 1 aliphatic rings. The van der Waals surface area contributed by atoms with E-state index >= 15 is 0 Å². The minimum Gasteiger partial charge on any atom is -0.394 e. The Morgan fingerprint density at radius 1 is 1.58 bits per heavy atom. The van der Waals surface area contributed by atoms with E-state index in [9.17, 15) is 9.50 Å². The number of halogens is 2. The molecule has 1 aromatic rings. The fourth-order valence-corrected chi connectivity index (χ4v) is 3.11. The van der Waals surface area contributed by atoms with E-state index in [-0.39, 0.29) is 18.5 Å². The Labute approximate surface area is 121 Å². The van der Waals surface area contributed by atoms with Crippen molar-refractivity contribution < 1.29 is 14.2 Å². The molecule has 2 atom stereocenters. The zero-order valence-electron chi connectivity index (χ0n) is 11.0. The van der Waals surface area contributed by atoms with Crippen LogP contribution in [0.25, 0.3) is 0 Å². The van der Waals surface area contributed by atoms with Crippen molar-refractivity contribution in [1.29, 1.82) is 0 Å². The summed E-state index contributed by atoms with van der Waals surface area (Å²) in [5.74, 6) is -0.296. The Balaban J connectivity index is 2.11. The molecule has 2 unspecified atom stereocenters. The maximum atomic E-state index is 13.1. The van der Waals surface area contributed by atoms with E-state index in [1.54, 1.807) is 6.07 Å². The molecular weight excluding hydrogens is 313 g/mol. The molecule has 0 bridgehead atoms. The van der Waals surface area contributed by atoms with Crippen LogP contribution in [0, 0.1) is 5.82 Å². The number of rotatable bonds is 5. The average molecular weight is 332 g/mol. The van der Waals surface area contributed by atoms with Crippen LogP contribution in [0.1, 0.15) is 25.3 Å². The van der Waals surface area contributed by atoms with E-state index in [4.69, 9.17) is 4.74 Å². The fourth-order valence-electron chi connectivity index (χ4n) is 2.32. The second-order valence-electron chi connectivity index (χ2n) is 5.13. The van der Waals surface area contributed by atoms with Crippen LogP contribution in [-0.4, -0.2) is 31.0 Å². The number of aliphatic hydroxyl groups excluding tert-OH is 1. The summed E-state index contributed by atoms with van der Waals surface area (Å²) in [7, 11) is 0. The fraction of sp³-hybridized carbons (Fsp3) is 0.571. The predicted molar refractivity (Wildman–Crippen MR) is 75.5 cm³/mol. The number of hydrogen-bond donors (Lipinski definition) is 2. The summed E-state index contributed by atoms with van der Waals surface area (Å²) in [5, 5.41) is 13.0. The highest BCUT2D eigenvalue weighted by molar-refractivity contribution is 9.10. The molecule has 1 saturated heterocycles. The van der Waals surface area contributed by atoms with E-state index in [0.29, 0.717) is 11.0 Å². The summed E-state index contributed by atoms with van der Waals surface area (Å²) >= 11 is 3.35. The van der Waals surface area contributed by atoms with Crippen molar-refractivity contribution in [2.45, 2.75) is 31.4 Å². The largest absolute Gasteiger partial charge is 0.394 e. The Bertz CT molecular complexity index is 437. The van der Waals surface area contributed by atoms with Crippen molar-refractivity contribution in [1.82, 2.24) is 5.32 Å². The van der Waals surface area contributed by atoms with Gasteiger partial charge in [-0.2, -0.15) is 0 Å². The molecule has 2 rings (SSSR count). The molecule has 1 heterocycles. The highest BCUT2D eigenvalue weighted by Crippen LogP contribution is 2.29. The Kier molecular flexibility index (Phi) is 4.95. The van der Waals surface area contributed by atoms with Crippen LogP contribution >= 0.6 is 15.9 Å². The van der Waals surface area contributed by atoms with Crippen molar-refractivity contribution in [2.75, 3.05) is 19.8 Å². The summed E-state index contributed by atoms with van der Waals surface area (Å²) in [4.78, 5) is 0. The van der Waals surface area contributed by atoms with Gasteiger partial charge in [0.25, 0.3) is 0 Å². The molecule has 0 amide bonds. The molecule has 0 saturated carbocycles. The van der Waals surface area contributed by atoms with E-state index in [0.717, 1.165) is 25.0 Å². The van der Waals surface area contributed by atoms with Crippen LogP contribution in [0.5, 0.6) is 0 Å². The molecule has 0 spiro atoms. The van der Waals surface area contributed by atoms with Gasteiger partial charge in [-0.1, -0.05) is 22.0 Å². The lowest BCUT2D eigenvalue weighted by molar-refractivity contribution is 0.0909.